The van der Waals surface area contributed by atoms with Gasteiger partial charge in [0.05, 0.1) is 19.1 Å². The van der Waals surface area contributed by atoms with Crippen LogP contribution in [0.3, 0.4) is 0 Å². The lowest BCUT2D eigenvalue weighted by Gasteiger charge is -2.47. The quantitative estimate of drug-likeness (QED) is 0.303. The topological polar surface area (TPSA) is 91.3 Å². The molecule has 0 spiro atoms. The smallest absolute Gasteiger partial charge is 0.305 e. The number of rotatable bonds is 8. The molecule has 0 aromatic heterocycles. The van der Waals surface area contributed by atoms with Crippen LogP contribution in [0.1, 0.15) is 84.5 Å². The molecule has 3 aliphatic heterocycles. The summed E-state index contributed by atoms with van der Waals surface area (Å²) in [4.78, 5) is 25.3. The van der Waals surface area contributed by atoms with Gasteiger partial charge in [0.15, 0.2) is 5.78 Å². The molecule has 6 rings (SSSR count). The summed E-state index contributed by atoms with van der Waals surface area (Å²) >= 11 is 0. The lowest BCUT2D eigenvalue weighted by atomic mass is 9.78. The molecular formula is C34H34O7. The molecular weight excluding hydrogens is 520 g/mol. The zero-order valence-corrected chi connectivity index (χ0v) is 23.1. The Labute approximate surface area is 239 Å². The number of ether oxygens (including phenoxy) is 4. The molecule has 0 amide bonds. The van der Waals surface area contributed by atoms with Crippen LogP contribution in [0.5, 0.6) is 17.2 Å². The third-order valence-electron chi connectivity index (χ3n) is 8.03. The van der Waals surface area contributed by atoms with E-state index in [0.29, 0.717) is 55.8 Å². The molecule has 1 saturated heterocycles. The second-order valence-electron chi connectivity index (χ2n) is 10.9. The zero-order valence-electron chi connectivity index (χ0n) is 23.1. The number of carbonyl (C=O) groups is 2. The first-order valence-electron chi connectivity index (χ1n) is 14.4. The number of carbonyl (C=O) groups excluding carboxylic acids is 2. The van der Waals surface area contributed by atoms with Gasteiger partial charge in [-0.2, -0.15) is 0 Å². The first kappa shape index (κ1) is 27.1. The number of hydrogen-bond donors (Lipinski definition) is 1. The molecule has 0 radical (unpaired) electrons. The largest absolute Gasteiger partial charge is 0.507 e. The fraction of sp³-hybridized carbons (Fsp3) is 0.353. The van der Waals surface area contributed by atoms with Crippen LogP contribution < -0.4 is 9.47 Å². The van der Waals surface area contributed by atoms with Gasteiger partial charge < -0.3 is 24.1 Å². The number of Topliss-reactive ketones (excluding diaryl/α,β-unsaturated/α-hetero) is 1. The molecule has 7 heteroatoms. The molecule has 4 atom stereocenters. The van der Waals surface area contributed by atoms with E-state index in [1.165, 1.54) is 0 Å². The molecule has 212 valence electrons. The minimum Gasteiger partial charge on any atom is -0.507 e. The van der Waals surface area contributed by atoms with Crippen molar-refractivity contribution in [2.24, 2.45) is 0 Å². The van der Waals surface area contributed by atoms with Crippen molar-refractivity contribution in [3.63, 3.8) is 0 Å². The van der Waals surface area contributed by atoms with E-state index in [1.807, 2.05) is 72.8 Å². The Morgan fingerprint density at radius 1 is 1.10 bits per heavy atom. The summed E-state index contributed by atoms with van der Waals surface area (Å²) in [6, 6.07) is 21.3. The van der Waals surface area contributed by atoms with Gasteiger partial charge in [0, 0.05) is 30.4 Å². The minimum atomic E-state index is -1.07. The molecule has 1 N–H and O–H groups in total. The molecule has 3 aromatic carbocycles. The number of phenols is 1. The number of aromatic hydroxyl groups is 1. The summed E-state index contributed by atoms with van der Waals surface area (Å²) in [5, 5.41) is 11.5. The van der Waals surface area contributed by atoms with E-state index in [4.69, 9.17) is 18.9 Å². The van der Waals surface area contributed by atoms with Gasteiger partial charge in [-0.05, 0) is 43.4 Å². The monoisotopic (exact) mass is 554 g/mol. The van der Waals surface area contributed by atoms with Crippen LogP contribution in [0, 0.1) is 0 Å². The highest BCUT2D eigenvalue weighted by atomic mass is 16.7. The van der Waals surface area contributed by atoms with E-state index in [9.17, 15) is 14.7 Å². The third-order valence-corrected chi connectivity index (χ3v) is 8.03. The molecule has 3 aromatic rings. The molecule has 0 unspecified atom stereocenters. The Balaban J connectivity index is 1.33. The molecule has 2 bridgehead atoms. The lowest BCUT2D eigenvalue weighted by Crippen LogP contribution is -2.49. The SMILES string of the molecule is CCOC(=O)CCC[C@@H]1C[C@H]2C[C@](C=Cc3ccccc3)(Oc3cc4c(c(O)c32)C(=O)C[C@H](c2ccccc2)O4)O1. The van der Waals surface area contributed by atoms with Crippen LogP contribution in [0.25, 0.3) is 6.08 Å². The molecule has 1 fully saturated rings. The van der Waals surface area contributed by atoms with Crippen molar-refractivity contribution in [2.45, 2.75) is 69.4 Å². The fourth-order valence-corrected chi connectivity index (χ4v) is 6.20. The predicted octanol–water partition coefficient (Wildman–Crippen LogP) is 6.90. The predicted molar refractivity (Wildman–Crippen MR) is 153 cm³/mol. The van der Waals surface area contributed by atoms with Gasteiger partial charge in [-0.15, -0.1) is 0 Å². The van der Waals surface area contributed by atoms with E-state index in [0.717, 1.165) is 11.1 Å². The fourth-order valence-electron chi connectivity index (χ4n) is 6.20. The van der Waals surface area contributed by atoms with Crippen molar-refractivity contribution in [3.05, 3.63) is 95.1 Å². The van der Waals surface area contributed by atoms with E-state index < -0.39 is 11.9 Å². The summed E-state index contributed by atoms with van der Waals surface area (Å²) < 4.78 is 24.5. The maximum atomic E-state index is 13.3. The van der Waals surface area contributed by atoms with Crippen molar-refractivity contribution >= 4 is 17.8 Å². The van der Waals surface area contributed by atoms with E-state index >= 15 is 0 Å². The van der Waals surface area contributed by atoms with Gasteiger partial charge in [-0.25, -0.2) is 0 Å². The Morgan fingerprint density at radius 3 is 2.61 bits per heavy atom. The van der Waals surface area contributed by atoms with Gasteiger partial charge in [0.1, 0.15) is 28.9 Å². The normalized spacial score (nSPS) is 24.6. The van der Waals surface area contributed by atoms with Crippen LogP contribution in [-0.4, -0.2) is 35.4 Å². The van der Waals surface area contributed by atoms with Crippen molar-refractivity contribution in [1.82, 2.24) is 0 Å². The molecule has 41 heavy (non-hydrogen) atoms. The van der Waals surface area contributed by atoms with Crippen molar-refractivity contribution < 1.29 is 33.6 Å². The van der Waals surface area contributed by atoms with Gasteiger partial charge in [0.2, 0.25) is 5.79 Å². The minimum absolute atomic E-state index is 0.0631. The Kier molecular flexibility index (Phi) is 7.54. The van der Waals surface area contributed by atoms with Crippen LogP contribution in [0.4, 0.5) is 0 Å². The first-order chi connectivity index (χ1) is 19.9. The Hall–Kier alpha value is -4.10. The average Bonchev–Trinajstić information content (AvgIpc) is 2.96. The number of hydrogen-bond acceptors (Lipinski definition) is 7. The average molecular weight is 555 g/mol. The van der Waals surface area contributed by atoms with Crippen molar-refractivity contribution in [3.8, 4) is 17.2 Å². The number of fused-ring (bicyclic) bond motifs is 5. The van der Waals surface area contributed by atoms with E-state index in [2.05, 4.69) is 0 Å². The van der Waals surface area contributed by atoms with Gasteiger partial charge in [0.25, 0.3) is 0 Å². The van der Waals surface area contributed by atoms with Crippen molar-refractivity contribution in [1.29, 1.82) is 0 Å². The number of ketones is 1. The van der Waals surface area contributed by atoms with Crippen LogP contribution in [-0.2, 0) is 14.3 Å². The molecule has 0 aliphatic carbocycles. The molecule has 0 saturated carbocycles. The van der Waals surface area contributed by atoms with Gasteiger partial charge >= 0.3 is 5.97 Å². The second kappa shape index (κ2) is 11.4. The summed E-state index contributed by atoms with van der Waals surface area (Å²) in [6.45, 7) is 2.15. The van der Waals surface area contributed by atoms with E-state index in [1.54, 1.807) is 13.0 Å². The van der Waals surface area contributed by atoms with Crippen LogP contribution >= 0.6 is 0 Å². The zero-order chi connectivity index (χ0) is 28.4. The second-order valence-corrected chi connectivity index (χ2v) is 10.9. The number of esters is 1. The lowest BCUT2D eigenvalue weighted by molar-refractivity contribution is -0.220. The van der Waals surface area contributed by atoms with Gasteiger partial charge in [-0.1, -0.05) is 66.7 Å². The summed E-state index contributed by atoms with van der Waals surface area (Å²) in [5.74, 6) is -0.837. The molecule has 7 nitrogen and oxygen atoms in total. The number of phenolic OH excluding ortho intramolecular Hbond substituents is 1. The highest BCUT2D eigenvalue weighted by Gasteiger charge is 2.49. The Bertz CT molecular complexity index is 1450. The van der Waals surface area contributed by atoms with Crippen LogP contribution in [0.15, 0.2) is 72.8 Å². The van der Waals surface area contributed by atoms with Crippen molar-refractivity contribution in [2.75, 3.05) is 6.61 Å². The van der Waals surface area contributed by atoms with Crippen LogP contribution in [0.2, 0.25) is 0 Å². The maximum Gasteiger partial charge on any atom is 0.305 e. The van der Waals surface area contributed by atoms with Gasteiger partial charge in [-0.3, -0.25) is 9.59 Å². The highest BCUT2D eigenvalue weighted by Crippen LogP contribution is 2.56. The summed E-state index contributed by atoms with van der Waals surface area (Å²) in [7, 11) is 0. The summed E-state index contributed by atoms with van der Waals surface area (Å²) in [5.41, 5.74) is 2.75. The number of benzene rings is 3. The third kappa shape index (κ3) is 5.59. The Morgan fingerprint density at radius 2 is 1.85 bits per heavy atom. The standard InChI is InChI=1S/C34H34O7/c1-2-38-30(36)15-9-14-25-18-24-21-34(40-25,17-16-22-10-5-3-6-11-22)41-29-20-28-32(33(37)31(24)29)26(35)19-27(39-28)23-12-7-4-8-13-23/h3-8,10-13,16-17,20,24-25,27,37H,2,9,14-15,18-19,21H2,1H3/t24-,25+,27+,34-/m0/s1. The molecule has 3 heterocycles. The summed E-state index contributed by atoms with van der Waals surface area (Å²) in [6.07, 6.45) is 6.11. The van der Waals surface area contributed by atoms with E-state index in [-0.39, 0.29) is 41.5 Å². The highest BCUT2D eigenvalue weighted by molar-refractivity contribution is 6.03. The first-order valence-corrected chi connectivity index (χ1v) is 14.4. The maximum absolute atomic E-state index is 13.3. The molecule has 3 aliphatic rings.